The van der Waals surface area contributed by atoms with Crippen LogP contribution >= 0.6 is 0 Å². The first kappa shape index (κ1) is 14.3. The maximum atomic E-state index is 13.2. The Hall–Kier alpha value is -1.07. The molecule has 1 heterocycles. The van der Waals surface area contributed by atoms with E-state index in [4.69, 9.17) is 0 Å². The SMILES string of the molecule is Cc1ccc(C(NC2CCNCC2)C(F)(F)F)cc1. The number of aryl methyl sites for hydroxylation is 1. The lowest BCUT2D eigenvalue weighted by Gasteiger charge is -2.30. The van der Waals surface area contributed by atoms with E-state index < -0.39 is 12.2 Å². The Labute approximate surface area is 111 Å². The quantitative estimate of drug-likeness (QED) is 0.884. The predicted molar refractivity (Wildman–Crippen MR) is 69.0 cm³/mol. The van der Waals surface area contributed by atoms with Gasteiger partial charge in [0.1, 0.15) is 6.04 Å². The van der Waals surface area contributed by atoms with Crippen molar-refractivity contribution >= 4 is 0 Å². The van der Waals surface area contributed by atoms with Gasteiger partial charge in [0.15, 0.2) is 0 Å². The Morgan fingerprint density at radius 2 is 1.74 bits per heavy atom. The summed E-state index contributed by atoms with van der Waals surface area (Å²) in [6.45, 7) is 3.42. The fourth-order valence-corrected chi connectivity index (χ4v) is 2.36. The monoisotopic (exact) mass is 272 g/mol. The van der Waals surface area contributed by atoms with Crippen molar-refractivity contribution < 1.29 is 13.2 Å². The van der Waals surface area contributed by atoms with Crippen LogP contribution in [0.15, 0.2) is 24.3 Å². The molecule has 2 rings (SSSR count). The van der Waals surface area contributed by atoms with Crippen LogP contribution in [0.2, 0.25) is 0 Å². The first-order valence-corrected chi connectivity index (χ1v) is 6.57. The Balaban J connectivity index is 2.13. The van der Waals surface area contributed by atoms with E-state index in [1.165, 1.54) is 0 Å². The summed E-state index contributed by atoms with van der Waals surface area (Å²) in [5.41, 5.74) is 1.25. The zero-order valence-electron chi connectivity index (χ0n) is 10.9. The molecule has 106 valence electrons. The molecule has 1 aromatic rings. The molecule has 0 spiro atoms. The largest absolute Gasteiger partial charge is 0.407 e. The highest BCUT2D eigenvalue weighted by Gasteiger charge is 2.41. The van der Waals surface area contributed by atoms with Gasteiger partial charge in [-0.3, -0.25) is 5.32 Å². The van der Waals surface area contributed by atoms with Crippen LogP contribution in [0.1, 0.15) is 30.0 Å². The van der Waals surface area contributed by atoms with Gasteiger partial charge in [0.05, 0.1) is 0 Å². The van der Waals surface area contributed by atoms with Crippen LogP contribution in [0.25, 0.3) is 0 Å². The first-order chi connectivity index (χ1) is 8.97. The number of halogens is 3. The van der Waals surface area contributed by atoms with E-state index in [-0.39, 0.29) is 11.6 Å². The van der Waals surface area contributed by atoms with Crippen LogP contribution in [0.5, 0.6) is 0 Å². The molecule has 1 atom stereocenters. The summed E-state index contributed by atoms with van der Waals surface area (Å²) < 4.78 is 39.5. The minimum absolute atomic E-state index is 0.0748. The Kier molecular flexibility index (Phi) is 4.47. The van der Waals surface area contributed by atoms with Gasteiger partial charge >= 0.3 is 6.18 Å². The highest BCUT2D eigenvalue weighted by atomic mass is 19.4. The molecule has 1 saturated heterocycles. The molecule has 0 aromatic heterocycles. The maximum absolute atomic E-state index is 13.2. The van der Waals surface area contributed by atoms with Crippen molar-refractivity contribution in [1.82, 2.24) is 10.6 Å². The highest BCUT2D eigenvalue weighted by Crippen LogP contribution is 2.33. The van der Waals surface area contributed by atoms with E-state index >= 15 is 0 Å². The van der Waals surface area contributed by atoms with Crippen LogP contribution in [0.3, 0.4) is 0 Å². The summed E-state index contributed by atoms with van der Waals surface area (Å²) >= 11 is 0. The van der Waals surface area contributed by atoms with Crippen LogP contribution in [0.4, 0.5) is 13.2 Å². The summed E-state index contributed by atoms with van der Waals surface area (Å²) in [6.07, 6.45) is -2.79. The third kappa shape index (κ3) is 3.94. The molecular formula is C14H19F3N2. The summed E-state index contributed by atoms with van der Waals surface area (Å²) in [5.74, 6) is 0. The van der Waals surface area contributed by atoms with Crippen LogP contribution in [-0.4, -0.2) is 25.3 Å². The summed E-state index contributed by atoms with van der Waals surface area (Å²) in [7, 11) is 0. The van der Waals surface area contributed by atoms with E-state index in [0.29, 0.717) is 0 Å². The van der Waals surface area contributed by atoms with Gasteiger partial charge in [0.25, 0.3) is 0 Å². The van der Waals surface area contributed by atoms with E-state index in [0.717, 1.165) is 31.5 Å². The highest BCUT2D eigenvalue weighted by molar-refractivity contribution is 5.25. The maximum Gasteiger partial charge on any atom is 0.407 e. The molecule has 1 aromatic carbocycles. The molecule has 5 heteroatoms. The lowest BCUT2D eigenvalue weighted by Crippen LogP contribution is -2.45. The van der Waals surface area contributed by atoms with Crippen LogP contribution < -0.4 is 10.6 Å². The van der Waals surface area contributed by atoms with Crippen molar-refractivity contribution in [3.63, 3.8) is 0 Å². The minimum atomic E-state index is -4.26. The average molecular weight is 272 g/mol. The second-order valence-corrected chi connectivity index (χ2v) is 5.08. The molecule has 19 heavy (non-hydrogen) atoms. The van der Waals surface area contributed by atoms with Crippen molar-refractivity contribution in [1.29, 1.82) is 0 Å². The van der Waals surface area contributed by atoms with Gasteiger partial charge in [0.2, 0.25) is 0 Å². The van der Waals surface area contributed by atoms with Crippen molar-refractivity contribution in [2.45, 2.75) is 38.0 Å². The molecule has 0 amide bonds. The summed E-state index contributed by atoms with van der Waals surface area (Å²) in [5, 5.41) is 5.92. The van der Waals surface area contributed by atoms with Crippen LogP contribution in [0, 0.1) is 6.92 Å². The summed E-state index contributed by atoms with van der Waals surface area (Å²) in [4.78, 5) is 0. The molecule has 0 bridgehead atoms. The number of rotatable bonds is 3. The van der Waals surface area contributed by atoms with Gasteiger partial charge in [-0.25, -0.2) is 0 Å². The smallest absolute Gasteiger partial charge is 0.317 e. The zero-order valence-corrected chi connectivity index (χ0v) is 10.9. The molecule has 1 unspecified atom stereocenters. The molecule has 2 N–H and O–H groups in total. The Bertz CT molecular complexity index is 394. The van der Waals surface area contributed by atoms with E-state index in [9.17, 15) is 13.2 Å². The molecule has 1 aliphatic rings. The fourth-order valence-electron chi connectivity index (χ4n) is 2.36. The number of alkyl halides is 3. The van der Waals surface area contributed by atoms with E-state index in [1.807, 2.05) is 6.92 Å². The fraction of sp³-hybridized carbons (Fsp3) is 0.571. The van der Waals surface area contributed by atoms with Gasteiger partial charge in [0, 0.05) is 6.04 Å². The van der Waals surface area contributed by atoms with Gasteiger partial charge in [-0.1, -0.05) is 29.8 Å². The lowest BCUT2D eigenvalue weighted by molar-refractivity contribution is -0.160. The second-order valence-electron chi connectivity index (χ2n) is 5.08. The van der Waals surface area contributed by atoms with Crippen molar-refractivity contribution in [3.05, 3.63) is 35.4 Å². The average Bonchev–Trinajstić information content (AvgIpc) is 2.37. The molecular weight excluding hydrogens is 253 g/mol. The van der Waals surface area contributed by atoms with E-state index in [2.05, 4.69) is 10.6 Å². The van der Waals surface area contributed by atoms with Gasteiger partial charge < -0.3 is 5.32 Å². The van der Waals surface area contributed by atoms with Gasteiger partial charge in [-0.2, -0.15) is 13.2 Å². The van der Waals surface area contributed by atoms with Gasteiger partial charge in [-0.15, -0.1) is 0 Å². The Morgan fingerprint density at radius 1 is 1.16 bits per heavy atom. The number of nitrogens with one attached hydrogen (secondary N) is 2. The van der Waals surface area contributed by atoms with E-state index in [1.54, 1.807) is 24.3 Å². The molecule has 0 radical (unpaired) electrons. The second kappa shape index (κ2) is 5.92. The number of hydrogen-bond donors (Lipinski definition) is 2. The molecule has 2 nitrogen and oxygen atoms in total. The number of hydrogen-bond acceptors (Lipinski definition) is 2. The van der Waals surface area contributed by atoms with Crippen molar-refractivity contribution in [2.24, 2.45) is 0 Å². The van der Waals surface area contributed by atoms with Crippen molar-refractivity contribution in [3.8, 4) is 0 Å². The molecule has 0 saturated carbocycles. The first-order valence-electron chi connectivity index (χ1n) is 6.57. The van der Waals surface area contributed by atoms with Crippen LogP contribution in [-0.2, 0) is 0 Å². The molecule has 0 aliphatic carbocycles. The third-order valence-corrected chi connectivity index (χ3v) is 3.48. The topological polar surface area (TPSA) is 24.1 Å². The lowest BCUT2D eigenvalue weighted by atomic mass is 10.0. The normalized spacial score (nSPS) is 19.4. The molecule has 1 aliphatic heterocycles. The minimum Gasteiger partial charge on any atom is -0.317 e. The van der Waals surface area contributed by atoms with Crippen molar-refractivity contribution in [2.75, 3.05) is 13.1 Å². The zero-order chi connectivity index (χ0) is 13.9. The standard InChI is InChI=1S/C14H19F3N2/c1-10-2-4-11(5-3-10)13(14(15,16)17)19-12-6-8-18-9-7-12/h2-5,12-13,18-19H,6-9H2,1H3. The Morgan fingerprint density at radius 3 is 2.26 bits per heavy atom. The third-order valence-electron chi connectivity index (χ3n) is 3.48. The molecule has 1 fully saturated rings. The predicted octanol–water partition coefficient (Wildman–Crippen LogP) is 2.94. The summed E-state index contributed by atoms with van der Waals surface area (Å²) in [6, 6.07) is 4.91. The number of benzene rings is 1. The number of piperidine rings is 1. The van der Waals surface area contributed by atoms with Gasteiger partial charge in [-0.05, 0) is 38.4 Å².